The van der Waals surface area contributed by atoms with Crippen LogP contribution in [0.1, 0.15) is 5.56 Å². The molecular formula is C17H13BrN8O4. The Labute approximate surface area is 176 Å². The molecule has 0 amide bonds. The first-order valence-corrected chi connectivity index (χ1v) is 8.96. The Kier molecular flexibility index (Phi) is 5.83. The smallest absolute Gasteiger partial charge is 0.301 e. The van der Waals surface area contributed by atoms with Gasteiger partial charge in [-0.1, -0.05) is 28.1 Å². The van der Waals surface area contributed by atoms with Crippen molar-refractivity contribution in [3.63, 3.8) is 0 Å². The highest BCUT2D eigenvalue weighted by Gasteiger charge is 2.22. The minimum Gasteiger partial charge on any atom is -0.369 e. The lowest BCUT2D eigenvalue weighted by molar-refractivity contribution is -0.394. The van der Waals surface area contributed by atoms with E-state index in [-0.39, 0.29) is 11.6 Å². The Bertz CT molecular complexity index is 1180. The number of rotatable bonds is 6. The van der Waals surface area contributed by atoms with E-state index in [0.717, 1.165) is 16.6 Å². The molecule has 0 atom stereocenters. The van der Waals surface area contributed by atoms with Crippen LogP contribution in [0.4, 0.5) is 11.4 Å². The molecule has 0 fully saturated rings. The van der Waals surface area contributed by atoms with Crippen molar-refractivity contribution in [3.8, 4) is 16.9 Å². The standard InChI is InChI=1S/C17H13BrN8O4/c18-12-3-1-10(2-4-12)16-11(8-21-22-17(19)20)9-24(23-16)14-6-5-13(25(27)28)7-15(14)26(29)30/h1-9H,(H4,19,20,22)/b21-8+. The van der Waals surface area contributed by atoms with Gasteiger partial charge in [0.15, 0.2) is 0 Å². The van der Waals surface area contributed by atoms with Gasteiger partial charge < -0.3 is 11.5 Å². The quantitative estimate of drug-likeness (QED) is 0.239. The number of nitro benzene ring substituents is 2. The molecule has 152 valence electrons. The molecule has 1 heterocycles. The van der Waals surface area contributed by atoms with E-state index in [2.05, 4.69) is 31.2 Å². The van der Waals surface area contributed by atoms with Crippen molar-refractivity contribution in [1.29, 1.82) is 0 Å². The van der Waals surface area contributed by atoms with Gasteiger partial charge in [-0.05, 0) is 18.2 Å². The van der Waals surface area contributed by atoms with Crippen LogP contribution in [0.25, 0.3) is 16.9 Å². The zero-order valence-electron chi connectivity index (χ0n) is 15.0. The highest BCUT2D eigenvalue weighted by molar-refractivity contribution is 9.10. The van der Waals surface area contributed by atoms with Crippen LogP contribution in [0.3, 0.4) is 0 Å². The van der Waals surface area contributed by atoms with E-state index in [1.165, 1.54) is 23.2 Å². The first-order chi connectivity index (χ1) is 14.3. The SMILES string of the molecule is NC(N)=N/N=C/c1cn(-c2ccc([N+](=O)[O-])cc2[N+](=O)[O-])nc1-c1ccc(Br)cc1. The molecule has 2 aromatic carbocycles. The lowest BCUT2D eigenvalue weighted by atomic mass is 10.1. The molecule has 0 saturated carbocycles. The summed E-state index contributed by atoms with van der Waals surface area (Å²) in [4.78, 5) is 21.0. The van der Waals surface area contributed by atoms with Crippen molar-refractivity contribution in [1.82, 2.24) is 9.78 Å². The summed E-state index contributed by atoms with van der Waals surface area (Å²) in [7, 11) is 0. The number of non-ortho nitro benzene ring substituents is 1. The molecule has 0 aliphatic heterocycles. The number of hydrogen-bond donors (Lipinski definition) is 2. The van der Waals surface area contributed by atoms with Gasteiger partial charge in [-0.25, -0.2) is 4.68 Å². The maximum atomic E-state index is 11.5. The van der Waals surface area contributed by atoms with Crippen LogP contribution >= 0.6 is 15.9 Å². The summed E-state index contributed by atoms with van der Waals surface area (Å²) in [6.45, 7) is 0. The molecule has 3 rings (SSSR count). The summed E-state index contributed by atoms with van der Waals surface area (Å²) in [5.74, 6) is -0.241. The molecule has 30 heavy (non-hydrogen) atoms. The van der Waals surface area contributed by atoms with Gasteiger partial charge in [-0.2, -0.15) is 10.2 Å². The lowest BCUT2D eigenvalue weighted by Crippen LogP contribution is -2.21. The first-order valence-electron chi connectivity index (χ1n) is 8.17. The van der Waals surface area contributed by atoms with Gasteiger partial charge >= 0.3 is 5.69 Å². The number of nitrogens with two attached hydrogens (primary N) is 2. The Morgan fingerprint density at radius 3 is 2.40 bits per heavy atom. The van der Waals surface area contributed by atoms with Crippen LogP contribution in [0.15, 0.2) is 63.3 Å². The summed E-state index contributed by atoms with van der Waals surface area (Å²) < 4.78 is 2.10. The number of halogens is 1. The number of benzene rings is 2. The van der Waals surface area contributed by atoms with Gasteiger partial charge in [-0.3, -0.25) is 20.2 Å². The topological polar surface area (TPSA) is 181 Å². The van der Waals surface area contributed by atoms with E-state index in [4.69, 9.17) is 11.5 Å². The van der Waals surface area contributed by atoms with Crippen LogP contribution in [-0.2, 0) is 0 Å². The summed E-state index contributed by atoms with van der Waals surface area (Å²) in [6, 6.07) is 10.5. The van der Waals surface area contributed by atoms with E-state index < -0.39 is 21.2 Å². The van der Waals surface area contributed by atoms with E-state index in [1.54, 1.807) is 24.3 Å². The summed E-state index contributed by atoms with van der Waals surface area (Å²) >= 11 is 3.35. The number of aromatic nitrogens is 2. The maximum absolute atomic E-state index is 11.5. The molecule has 12 nitrogen and oxygen atoms in total. The number of hydrogen-bond acceptors (Lipinski definition) is 7. The van der Waals surface area contributed by atoms with Gasteiger partial charge in [0.25, 0.3) is 5.69 Å². The van der Waals surface area contributed by atoms with E-state index in [0.29, 0.717) is 16.8 Å². The predicted molar refractivity (Wildman–Crippen MR) is 113 cm³/mol. The molecular weight excluding hydrogens is 460 g/mol. The summed E-state index contributed by atoms with van der Waals surface area (Å²) in [6.07, 6.45) is 2.83. The van der Waals surface area contributed by atoms with Crippen LogP contribution in [0.2, 0.25) is 0 Å². The third-order valence-corrected chi connectivity index (χ3v) is 4.37. The van der Waals surface area contributed by atoms with E-state index >= 15 is 0 Å². The largest absolute Gasteiger partial charge is 0.369 e. The average molecular weight is 473 g/mol. The molecule has 0 spiro atoms. The van der Waals surface area contributed by atoms with Gasteiger partial charge in [0.05, 0.1) is 22.1 Å². The monoisotopic (exact) mass is 472 g/mol. The summed E-state index contributed by atoms with van der Waals surface area (Å²) in [5, 5.41) is 34.2. The molecule has 0 unspecified atom stereocenters. The fourth-order valence-corrected chi connectivity index (χ4v) is 2.82. The zero-order chi connectivity index (χ0) is 21.8. The Balaban J connectivity index is 2.18. The molecule has 4 N–H and O–H groups in total. The number of guanidine groups is 1. The molecule has 0 bridgehead atoms. The second kappa shape index (κ2) is 8.48. The number of nitrogens with zero attached hydrogens (tertiary/aromatic N) is 6. The maximum Gasteiger partial charge on any atom is 0.301 e. The number of nitro groups is 2. The van der Waals surface area contributed by atoms with E-state index in [1.807, 2.05) is 0 Å². The van der Waals surface area contributed by atoms with Gasteiger partial charge in [0, 0.05) is 27.9 Å². The molecule has 0 saturated heterocycles. The van der Waals surface area contributed by atoms with Gasteiger partial charge in [0.1, 0.15) is 11.4 Å². The van der Waals surface area contributed by atoms with Crippen molar-refractivity contribution in [2.45, 2.75) is 0 Å². The second-order valence-electron chi connectivity index (χ2n) is 5.84. The van der Waals surface area contributed by atoms with Crippen LogP contribution < -0.4 is 11.5 Å². The van der Waals surface area contributed by atoms with Crippen molar-refractivity contribution < 1.29 is 9.85 Å². The van der Waals surface area contributed by atoms with Crippen molar-refractivity contribution >= 4 is 39.5 Å². The van der Waals surface area contributed by atoms with Gasteiger partial charge in [0.2, 0.25) is 5.96 Å². The fraction of sp³-hybridized carbons (Fsp3) is 0. The predicted octanol–water partition coefficient (Wildman–Crippen LogP) is 2.73. The minimum atomic E-state index is -0.712. The molecule has 3 aromatic rings. The lowest BCUT2D eigenvalue weighted by Gasteiger charge is -2.03. The molecule has 13 heteroatoms. The summed E-state index contributed by atoms with van der Waals surface area (Å²) in [5.41, 5.74) is 11.3. The second-order valence-corrected chi connectivity index (χ2v) is 6.76. The Morgan fingerprint density at radius 2 is 1.80 bits per heavy atom. The van der Waals surface area contributed by atoms with Crippen molar-refractivity contribution in [3.05, 3.63) is 78.9 Å². The fourth-order valence-electron chi connectivity index (χ4n) is 2.56. The van der Waals surface area contributed by atoms with Crippen LogP contribution in [0.5, 0.6) is 0 Å². The van der Waals surface area contributed by atoms with Crippen LogP contribution in [0, 0.1) is 20.2 Å². The highest BCUT2D eigenvalue weighted by Crippen LogP contribution is 2.30. The Hall–Kier alpha value is -4.13. The third kappa shape index (κ3) is 4.47. The first kappa shape index (κ1) is 20.6. The zero-order valence-corrected chi connectivity index (χ0v) is 16.6. The molecule has 0 radical (unpaired) electrons. The molecule has 0 aliphatic rings. The normalized spacial score (nSPS) is 10.8. The average Bonchev–Trinajstić information content (AvgIpc) is 3.11. The third-order valence-electron chi connectivity index (χ3n) is 3.84. The van der Waals surface area contributed by atoms with Gasteiger partial charge in [-0.15, -0.1) is 5.10 Å². The van der Waals surface area contributed by atoms with Crippen molar-refractivity contribution in [2.24, 2.45) is 21.7 Å². The molecule has 1 aromatic heterocycles. The van der Waals surface area contributed by atoms with Crippen LogP contribution in [-0.4, -0.2) is 31.8 Å². The highest BCUT2D eigenvalue weighted by atomic mass is 79.9. The van der Waals surface area contributed by atoms with Crippen molar-refractivity contribution in [2.75, 3.05) is 0 Å². The molecule has 0 aliphatic carbocycles. The Morgan fingerprint density at radius 1 is 1.10 bits per heavy atom. The minimum absolute atomic E-state index is 0.0467. The van der Waals surface area contributed by atoms with E-state index in [9.17, 15) is 20.2 Å².